The number of nitrogens with one attached hydrogen (secondary N) is 1. The predicted molar refractivity (Wildman–Crippen MR) is 46.0 cm³/mol. The number of nitrogens with two attached hydrogens (primary N) is 1. The van der Waals surface area contributed by atoms with Crippen molar-refractivity contribution in [1.82, 2.24) is 4.98 Å². The third kappa shape index (κ3) is 2.72. The van der Waals surface area contributed by atoms with Gasteiger partial charge in [-0.05, 0) is 0 Å². The van der Waals surface area contributed by atoms with Gasteiger partial charge in [-0.15, -0.1) is 0 Å². The summed E-state index contributed by atoms with van der Waals surface area (Å²) in [5.41, 5.74) is 5.26. The SMILES string of the molecule is Nc1cnc(NCC(F)(F)C(F)F)s1. The Kier molecular flexibility index (Phi) is 3.14. The molecule has 0 radical (unpaired) electrons. The van der Waals surface area contributed by atoms with E-state index in [4.69, 9.17) is 5.73 Å². The summed E-state index contributed by atoms with van der Waals surface area (Å²) >= 11 is 0.917. The smallest absolute Gasteiger partial charge is 0.324 e. The summed E-state index contributed by atoms with van der Waals surface area (Å²) in [7, 11) is 0. The van der Waals surface area contributed by atoms with Crippen LogP contribution in [0.25, 0.3) is 0 Å². The molecule has 1 heterocycles. The number of hydrogen-bond acceptors (Lipinski definition) is 4. The molecular weight excluding hydrogens is 222 g/mol. The number of alkyl halides is 4. The molecule has 0 fully saturated rings. The average molecular weight is 229 g/mol. The van der Waals surface area contributed by atoms with Crippen LogP contribution in [0.1, 0.15) is 0 Å². The number of anilines is 2. The van der Waals surface area contributed by atoms with Crippen molar-refractivity contribution in [2.24, 2.45) is 0 Å². The summed E-state index contributed by atoms with van der Waals surface area (Å²) in [5.74, 6) is -4.06. The molecule has 0 bridgehead atoms. The Morgan fingerprint density at radius 2 is 2.21 bits per heavy atom. The number of hydrogen-bond donors (Lipinski definition) is 2. The van der Waals surface area contributed by atoms with Gasteiger partial charge in [0.1, 0.15) is 5.00 Å². The number of halogens is 4. The van der Waals surface area contributed by atoms with Gasteiger partial charge < -0.3 is 11.1 Å². The highest BCUT2D eigenvalue weighted by molar-refractivity contribution is 7.19. The van der Waals surface area contributed by atoms with Crippen LogP contribution in [0.15, 0.2) is 6.20 Å². The average Bonchev–Trinajstić information content (AvgIpc) is 2.48. The molecule has 0 aliphatic heterocycles. The first kappa shape index (κ1) is 11.0. The highest BCUT2D eigenvalue weighted by Crippen LogP contribution is 2.25. The lowest BCUT2D eigenvalue weighted by molar-refractivity contribution is -0.117. The van der Waals surface area contributed by atoms with Crippen LogP contribution in [-0.2, 0) is 0 Å². The van der Waals surface area contributed by atoms with Gasteiger partial charge in [0.15, 0.2) is 5.13 Å². The van der Waals surface area contributed by atoms with Crippen LogP contribution < -0.4 is 11.1 Å². The summed E-state index contributed by atoms with van der Waals surface area (Å²) in [6.45, 7) is -1.16. The summed E-state index contributed by atoms with van der Waals surface area (Å²) in [4.78, 5) is 3.58. The Labute approximate surface area is 80.9 Å². The molecule has 0 saturated heterocycles. The van der Waals surface area contributed by atoms with Crippen LogP contribution in [-0.4, -0.2) is 23.9 Å². The quantitative estimate of drug-likeness (QED) is 0.777. The lowest BCUT2D eigenvalue weighted by Crippen LogP contribution is -2.34. The molecular formula is C6H7F4N3S. The molecule has 1 aromatic heterocycles. The monoisotopic (exact) mass is 229 g/mol. The fourth-order valence-corrected chi connectivity index (χ4v) is 1.22. The minimum Gasteiger partial charge on any atom is -0.389 e. The normalized spacial score (nSPS) is 12.1. The van der Waals surface area contributed by atoms with Crippen LogP contribution in [0.3, 0.4) is 0 Å². The second-order valence-electron chi connectivity index (χ2n) is 2.48. The molecule has 0 amide bonds. The van der Waals surface area contributed by atoms with E-state index in [-0.39, 0.29) is 5.13 Å². The zero-order valence-corrected chi connectivity index (χ0v) is 7.62. The Morgan fingerprint density at radius 1 is 1.57 bits per heavy atom. The van der Waals surface area contributed by atoms with Crippen molar-refractivity contribution in [1.29, 1.82) is 0 Å². The van der Waals surface area contributed by atoms with Crippen LogP contribution in [0.2, 0.25) is 0 Å². The van der Waals surface area contributed by atoms with Gasteiger partial charge in [0.25, 0.3) is 0 Å². The molecule has 80 valence electrons. The minimum atomic E-state index is -4.06. The van der Waals surface area contributed by atoms with Crippen molar-refractivity contribution in [3.8, 4) is 0 Å². The first-order chi connectivity index (χ1) is 6.42. The topological polar surface area (TPSA) is 50.9 Å². The molecule has 0 aromatic carbocycles. The van der Waals surface area contributed by atoms with E-state index in [1.54, 1.807) is 0 Å². The van der Waals surface area contributed by atoms with Gasteiger partial charge in [-0.1, -0.05) is 11.3 Å². The van der Waals surface area contributed by atoms with Crippen molar-refractivity contribution in [3.05, 3.63) is 6.20 Å². The van der Waals surface area contributed by atoms with Crippen molar-refractivity contribution in [2.45, 2.75) is 12.3 Å². The maximum absolute atomic E-state index is 12.4. The highest BCUT2D eigenvalue weighted by Gasteiger charge is 2.40. The molecule has 0 unspecified atom stereocenters. The molecule has 3 nitrogen and oxygen atoms in total. The van der Waals surface area contributed by atoms with Crippen molar-refractivity contribution < 1.29 is 17.6 Å². The number of nitrogen functional groups attached to an aromatic ring is 1. The zero-order valence-electron chi connectivity index (χ0n) is 6.81. The number of thiazole rings is 1. The van der Waals surface area contributed by atoms with Crippen LogP contribution >= 0.6 is 11.3 Å². The Hall–Kier alpha value is -1.05. The van der Waals surface area contributed by atoms with Crippen molar-refractivity contribution >= 4 is 21.5 Å². The van der Waals surface area contributed by atoms with Crippen molar-refractivity contribution in [2.75, 3.05) is 17.6 Å². The van der Waals surface area contributed by atoms with Crippen LogP contribution in [0.4, 0.5) is 27.7 Å². The second kappa shape index (κ2) is 3.99. The van der Waals surface area contributed by atoms with E-state index in [0.717, 1.165) is 11.3 Å². The number of rotatable bonds is 4. The third-order valence-electron chi connectivity index (χ3n) is 1.32. The van der Waals surface area contributed by atoms with Gasteiger partial charge in [-0.25, -0.2) is 13.8 Å². The van der Waals surface area contributed by atoms with Crippen molar-refractivity contribution in [3.63, 3.8) is 0 Å². The second-order valence-corrected chi connectivity index (χ2v) is 3.55. The van der Waals surface area contributed by atoms with Crippen LogP contribution in [0.5, 0.6) is 0 Å². The summed E-state index contributed by atoms with van der Waals surface area (Å²) in [5, 5.41) is 2.51. The largest absolute Gasteiger partial charge is 0.389 e. The first-order valence-electron chi connectivity index (χ1n) is 3.53. The van der Waals surface area contributed by atoms with Gasteiger partial charge in [-0.3, -0.25) is 0 Å². The Bertz CT molecular complexity index is 301. The van der Waals surface area contributed by atoms with E-state index in [0.29, 0.717) is 5.00 Å². The molecule has 14 heavy (non-hydrogen) atoms. The third-order valence-corrected chi connectivity index (χ3v) is 2.10. The molecule has 0 saturated carbocycles. The molecule has 1 rings (SSSR count). The van der Waals surface area contributed by atoms with E-state index in [9.17, 15) is 17.6 Å². The molecule has 1 aromatic rings. The van der Waals surface area contributed by atoms with E-state index < -0.39 is 18.9 Å². The maximum atomic E-state index is 12.4. The predicted octanol–water partition coefficient (Wildman–Crippen LogP) is 2.04. The summed E-state index contributed by atoms with van der Waals surface area (Å²) in [6, 6.07) is 0. The zero-order chi connectivity index (χ0) is 10.8. The summed E-state index contributed by atoms with van der Waals surface area (Å²) < 4.78 is 48.1. The molecule has 0 atom stereocenters. The van der Waals surface area contributed by atoms with Gasteiger partial charge in [-0.2, -0.15) is 8.78 Å². The fraction of sp³-hybridized carbons (Fsp3) is 0.500. The van der Waals surface area contributed by atoms with E-state index >= 15 is 0 Å². The van der Waals surface area contributed by atoms with Gasteiger partial charge >= 0.3 is 12.3 Å². The minimum absolute atomic E-state index is 0.0998. The molecule has 8 heteroatoms. The lowest BCUT2D eigenvalue weighted by atomic mass is 10.3. The molecule has 0 aliphatic carbocycles. The molecule has 3 N–H and O–H groups in total. The van der Waals surface area contributed by atoms with Gasteiger partial charge in [0.05, 0.1) is 12.7 Å². The Morgan fingerprint density at radius 3 is 2.64 bits per heavy atom. The molecule has 0 spiro atoms. The maximum Gasteiger partial charge on any atom is 0.324 e. The molecule has 0 aliphatic rings. The van der Waals surface area contributed by atoms with E-state index in [1.165, 1.54) is 6.20 Å². The number of aromatic nitrogens is 1. The standard InChI is InChI=1S/C6H7F4N3S/c7-4(8)6(9,10)2-13-5-12-1-3(11)14-5/h1,4H,2,11H2,(H,12,13). The van der Waals surface area contributed by atoms with Gasteiger partial charge in [0, 0.05) is 0 Å². The highest BCUT2D eigenvalue weighted by atomic mass is 32.1. The summed E-state index contributed by atoms with van der Waals surface area (Å²) in [6.07, 6.45) is -2.43. The van der Waals surface area contributed by atoms with Gasteiger partial charge in [0.2, 0.25) is 0 Å². The van der Waals surface area contributed by atoms with Crippen LogP contribution in [0, 0.1) is 0 Å². The fourth-order valence-electron chi connectivity index (χ4n) is 0.639. The number of nitrogens with zero attached hydrogens (tertiary/aromatic N) is 1. The van der Waals surface area contributed by atoms with E-state index in [1.807, 2.05) is 0 Å². The Balaban J connectivity index is 2.48. The first-order valence-corrected chi connectivity index (χ1v) is 4.34. The lowest BCUT2D eigenvalue weighted by Gasteiger charge is -2.14. The van der Waals surface area contributed by atoms with E-state index in [2.05, 4.69) is 10.3 Å².